The summed E-state index contributed by atoms with van der Waals surface area (Å²) in [4.78, 5) is 25.0. The molecule has 1 N–H and O–H groups in total. The van der Waals surface area contributed by atoms with Gasteiger partial charge in [-0.1, -0.05) is 6.07 Å². The van der Waals surface area contributed by atoms with Gasteiger partial charge >= 0.3 is 0 Å². The average Bonchev–Trinajstić information content (AvgIpc) is 3.02. The smallest absolute Gasteiger partial charge is 0.271 e. The van der Waals surface area contributed by atoms with Gasteiger partial charge in [0, 0.05) is 32.6 Å². The summed E-state index contributed by atoms with van der Waals surface area (Å²) in [7, 11) is -4.05. The van der Waals surface area contributed by atoms with Gasteiger partial charge in [0.05, 0.1) is 22.4 Å². The maximum absolute atomic E-state index is 12.7. The summed E-state index contributed by atoms with van der Waals surface area (Å²) < 4.78 is 49.5. The lowest BCUT2D eigenvalue weighted by atomic mass is 10.1. The number of aryl methyl sites for hydroxylation is 1. The largest absolute Gasteiger partial charge is 0.321 e. The molecule has 0 spiro atoms. The maximum Gasteiger partial charge on any atom is 0.271 e. The molecule has 0 radical (unpaired) electrons. The predicted molar refractivity (Wildman–Crippen MR) is 111 cm³/mol. The Kier molecular flexibility index (Phi) is 6.03. The second-order valence-electron chi connectivity index (χ2n) is 7.56. The summed E-state index contributed by atoms with van der Waals surface area (Å²) in [6, 6.07) is 3.98. The number of rotatable bonds is 5. The Morgan fingerprint density at radius 3 is 2.57 bits per heavy atom. The molecule has 1 aromatic carbocycles. The summed E-state index contributed by atoms with van der Waals surface area (Å²) in [6.45, 7) is 1.66. The van der Waals surface area contributed by atoms with Crippen LogP contribution < -0.4 is 5.32 Å². The average molecular weight is 457 g/mol. The molecule has 0 bridgehead atoms. The fourth-order valence-electron chi connectivity index (χ4n) is 3.34. The number of nitrogens with zero attached hydrogens (tertiary/aromatic N) is 3. The van der Waals surface area contributed by atoms with Gasteiger partial charge < -0.3 is 5.32 Å². The summed E-state index contributed by atoms with van der Waals surface area (Å²) in [5.74, 6) is -1.06. The van der Waals surface area contributed by atoms with Crippen molar-refractivity contribution in [2.45, 2.75) is 37.1 Å². The molecule has 2 aliphatic heterocycles. The van der Waals surface area contributed by atoms with Gasteiger partial charge in [-0.25, -0.2) is 26.1 Å². The maximum atomic E-state index is 12.7. The number of amides is 2. The molecule has 1 fully saturated rings. The van der Waals surface area contributed by atoms with E-state index in [2.05, 4.69) is 10.4 Å². The summed E-state index contributed by atoms with van der Waals surface area (Å²) in [5, 5.41) is 7.86. The minimum Gasteiger partial charge on any atom is -0.321 e. The molecule has 164 valence electrons. The van der Waals surface area contributed by atoms with E-state index in [0.717, 1.165) is 9.31 Å². The molecule has 0 aliphatic carbocycles. The molecule has 0 saturated carbocycles. The van der Waals surface area contributed by atoms with Crippen LogP contribution in [0.3, 0.4) is 0 Å². The molecule has 2 aliphatic rings. The van der Waals surface area contributed by atoms with Gasteiger partial charge in [-0.05, 0) is 31.0 Å². The fourth-order valence-corrected chi connectivity index (χ4v) is 6.18. The van der Waals surface area contributed by atoms with Crippen LogP contribution in [0.15, 0.2) is 28.2 Å². The molecule has 2 heterocycles. The van der Waals surface area contributed by atoms with E-state index in [1.54, 1.807) is 19.1 Å². The number of anilines is 1. The van der Waals surface area contributed by atoms with Crippen molar-refractivity contribution in [2.24, 2.45) is 5.10 Å². The van der Waals surface area contributed by atoms with Crippen LogP contribution in [0.25, 0.3) is 0 Å². The number of sulfonamides is 1. The number of benzene rings is 1. The van der Waals surface area contributed by atoms with Crippen molar-refractivity contribution in [3.05, 3.63) is 23.8 Å². The van der Waals surface area contributed by atoms with Crippen molar-refractivity contribution in [1.82, 2.24) is 9.31 Å². The lowest BCUT2D eigenvalue weighted by Gasteiger charge is -2.27. The van der Waals surface area contributed by atoms with Crippen LogP contribution in [0.1, 0.15) is 24.8 Å². The summed E-state index contributed by atoms with van der Waals surface area (Å²) >= 11 is 0. The standard InChI is InChI=1S/C18H24N4O6S2/c1-12-4-5-13(10-16(12)30(27,28)21(2)3)19-18(24)15-6-7-17(23)22(20-15)14-8-9-29(25,26)11-14/h4-5,10,14H,6-9,11H2,1-3H3,(H,19,24)/t14-/m0/s1. The molecule has 1 saturated heterocycles. The van der Waals surface area contributed by atoms with E-state index < -0.39 is 31.8 Å². The molecule has 2 amide bonds. The quantitative estimate of drug-likeness (QED) is 0.680. The van der Waals surface area contributed by atoms with Gasteiger partial charge in [-0.15, -0.1) is 0 Å². The minimum atomic E-state index is -3.69. The van der Waals surface area contributed by atoms with Gasteiger partial charge in [0.1, 0.15) is 5.71 Å². The van der Waals surface area contributed by atoms with E-state index in [9.17, 15) is 26.4 Å². The van der Waals surface area contributed by atoms with Crippen molar-refractivity contribution in [2.75, 3.05) is 30.9 Å². The Hall–Kier alpha value is -2.31. The second kappa shape index (κ2) is 8.08. The monoisotopic (exact) mass is 456 g/mol. The Balaban J connectivity index is 1.82. The zero-order chi connectivity index (χ0) is 22.3. The molecule has 10 nitrogen and oxygen atoms in total. The highest BCUT2D eigenvalue weighted by Crippen LogP contribution is 2.24. The first-order valence-corrected chi connectivity index (χ1v) is 12.6. The number of hydrazone groups is 1. The van der Waals surface area contributed by atoms with Crippen LogP contribution in [0.5, 0.6) is 0 Å². The van der Waals surface area contributed by atoms with Crippen LogP contribution in [0, 0.1) is 6.92 Å². The Morgan fingerprint density at radius 1 is 1.27 bits per heavy atom. The highest BCUT2D eigenvalue weighted by molar-refractivity contribution is 7.91. The summed E-state index contributed by atoms with van der Waals surface area (Å²) in [6.07, 6.45) is 0.461. The zero-order valence-electron chi connectivity index (χ0n) is 17.0. The molecule has 30 heavy (non-hydrogen) atoms. The van der Waals surface area contributed by atoms with Crippen molar-refractivity contribution >= 4 is 43.1 Å². The van der Waals surface area contributed by atoms with Gasteiger partial charge in [0.2, 0.25) is 15.9 Å². The lowest BCUT2D eigenvalue weighted by Crippen LogP contribution is -2.42. The molecule has 12 heteroatoms. The fraction of sp³-hybridized carbons (Fsp3) is 0.500. The van der Waals surface area contributed by atoms with Crippen molar-refractivity contribution in [3.63, 3.8) is 0 Å². The van der Waals surface area contributed by atoms with Crippen molar-refractivity contribution in [3.8, 4) is 0 Å². The highest BCUT2D eigenvalue weighted by Gasteiger charge is 2.37. The lowest BCUT2D eigenvalue weighted by molar-refractivity contribution is -0.133. The molecule has 0 aromatic heterocycles. The van der Waals surface area contributed by atoms with E-state index in [4.69, 9.17) is 0 Å². The number of carbonyl (C=O) groups excluding carboxylic acids is 2. The molecule has 1 atom stereocenters. The zero-order valence-corrected chi connectivity index (χ0v) is 18.6. The number of sulfone groups is 1. The van der Waals surface area contributed by atoms with Crippen LogP contribution in [-0.4, -0.2) is 75.3 Å². The van der Waals surface area contributed by atoms with Gasteiger partial charge in [-0.3, -0.25) is 9.59 Å². The number of nitrogens with one attached hydrogen (secondary N) is 1. The van der Waals surface area contributed by atoms with Crippen molar-refractivity contribution < 1.29 is 26.4 Å². The molecule has 1 aromatic rings. The Labute approximate surface area is 175 Å². The molecular formula is C18H24N4O6S2. The van der Waals surface area contributed by atoms with Crippen molar-refractivity contribution in [1.29, 1.82) is 0 Å². The Bertz CT molecular complexity index is 1130. The first-order chi connectivity index (χ1) is 13.9. The third kappa shape index (κ3) is 4.55. The van der Waals surface area contributed by atoms with E-state index in [-0.39, 0.29) is 53.0 Å². The van der Waals surface area contributed by atoms with Crippen LogP contribution >= 0.6 is 0 Å². The number of hydrogen-bond acceptors (Lipinski definition) is 7. The van der Waals surface area contributed by atoms with E-state index in [0.29, 0.717) is 5.56 Å². The van der Waals surface area contributed by atoms with Crippen LogP contribution in [-0.2, 0) is 29.4 Å². The third-order valence-corrected chi connectivity index (χ3v) is 8.79. The SMILES string of the molecule is Cc1ccc(NC(=O)C2=NN([C@H]3CCS(=O)(=O)C3)C(=O)CC2)cc1S(=O)(=O)N(C)C. The molecule has 3 rings (SSSR count). The number of hydrogen-bond donors (Lipinski definition) is 1. The van der Waals surface area contributed by atoms with Crippen LogP contribution in [0.2, 0.25) is 0 Å². The molecule has 0 unspecified atom stereocenters. The second-order valence-corrected chi connectivity index (χ2v) is 11.9. The first kappa shape index (κ1) is 22.4. The number of carbonyl (C=O) groups is 2. The van der Waals surface area contributed by atoms with Gasteiger partial charge in [0.15, 0.2) is 9.84 Å². The van der Waals surface area contributed by atoms with E-state index >= 15 is 0 Å². The normalized spacial score (nSPS) is 21.6. The third-order valence-electron chi connectivity index (χ3n) is 5.08. The minimum absolute atomic E-state index is 0.00894. The van der Waals surface area contributed by atoms with Gasteiger partial charge in [-0.2, -0.15) is 5.10 Å². The highest BCUT2D eigenvalue weighted by atomic mass is 32.2. The summed E-state index contributed by atoms with van der Waals surface area (Å²) in [5.41, 5.74) is 0.910. The van der Waals surface area contributed by atoms with E-state index in [1.807, 2.05) is 0 Å². The first-order valence-electron chi connectivity index (χ1n) is 9.35. The van der Waals surface area contributed by atoms with Crippen LogP contribution in [0.4, 0.5) is 5.69 Å². The molecular weight excluding hydrogens is 432 g/mol. The predicted octanol–water partition coefficient (Wildman–Crippen LogP) is 0.349. The Morgan fingerprint density at radius 2 is 1.97 bits per heavy atom. The van der Waals surface area contributed by atoms with E-state index in [1.165, 1.54) is 20.2 Å². The topological polar surface area (TPSA) is 133 Å². The van der Waals surface area contributed by atoms with Gasteiger partial charge in [0.25, 0.3) is 5.91 Å².